The van der Waals surface area contributed by atoms with Gasteiger partial charge in [-0.1, -0.05) is 30.3 Å². The second kappa shape index (κ2) is 7.48. The summed E-state index contributed by atoms with van der Waals surface area (Å²) in [5, 5.41) is 9.87. The molecule has 112 valence electrons. The molecule has 0 aliphatic rings. The third-order valence-electron chi connectivity index (χ3n) is 3.56. The summed E-state index contributed by atoms with van der Waals surface area (Å²) in [6.07, 6.45) is 0. The number of phenols is 1. The highest BCUT2D eigenvalue weighted by Gasteiger charge is 2.13. The zero-order valence-corrected chi connectivity index (χ0v) is 14.0. The Balaban J connectivity index is 2.13. The van der Waals surface area contributed by atoms with E-state index < -0.39 is 0 Å². The molecule has 0 spiro atoms. The van der Waals surface area contributed by atoms with E-state index in [1.807, 2.05) is 18.2 Å². The number of aromatic hydroxyl groups is 1. The minimum absolute atomic E-state index is 0.155. The predicted octanol–water partition coefficient (Wildman–Crippen LogP) is 2.77. The van der Waals surface area contributed by atoms with E-state index in [0.717, 1.165) is 25.2 Å². The quantitative estimate of drug-likeness (QED) is 0.839. The van der Waals surface area contributed by atoms with Gasteiger partial charge < -0.3 is 14.7 Å². The van der Waals surface area contributed by atoms with Crippen LogP contribution in [0.1, 0.15) is 18.1 Å². The second-order valence-electron chi connectivity index (χ2n) is 5.07. The van der Waals surface area contributed by atoms with E-state index >= 15 is 0 Å². The van der Waals surface area contributed by atoms with Crippen LogP contribution in [0.2, 0.25) is 0 Å². The van der Waals surface area contributed by atoms with Crippen LogP contribution >= 0.6 is 15.9 Å². The van der Waals surface area contributed by atoms with Crippen LogP contribution in [0.25, 0.3) is 0 Å². The third-order valence-corrected chi connectivity index (χ3v) is 4.16. The topological polar surface area (TPSA) is 33.9 Å². The van der Waals surface area contributed by atoms with Gasteiger partial charge in [0.1, 0.15) is 13.1 Å². The van der Waals surface area contributed by atoms with Crippen molar-refractivity contribution in [3.63, 3.8) is 0 Å². The molecule has 21 heavy (non-hydrogen) atoms. The summed E-state index contributed by atoms with van der Waals surface area (Å²) in [6.45, 7) is 5.10. The van der Waals surface area contributed by atoms with Gasteiger partial charge in [0.25, 0.3) is 0 Å². The SMILES string of the molecule is CC[NH+](Cc1ccccc1)Cc1cc(Br)c(O)c(OC)c1. The first-order valence-corrected chi connectivity index (χ1v) is 7.86. The summed E-state index contributed by atoms with van der Waals surface area (Å²) in [6, 6.07) is 14.4. The van der Waals surface area contributed by atoms with Gasteiger partial charge in [-0.05, 0) is 35.0 Å². The second-order valence-corrected chi connectivity index (χ2v) is 5.93. The molecule has 0 saturated carbocycles. The van der Waals surface area contributed by atoms with Crippen LogP contribution in [0.3, 0.4) is 0 Å². The van der Waals surface area contributed by atoms with Crippen molar-refractivity contribution in [2.24, 2.45) is 0 Å². The summed E-state index contributed by atoms with van der Waals surface area (Å²) >= 11 is 3.38. The lowest BCUT2D eigenvalue weighted by atomic mass is 10.1. The molecule has 0 aliphatic heterocycles. The molecule has 0 saturated heterocycles. The molecule has 0 heterocycles. The van der Waals surface area contributed by atoms with Crippen LogP contribution in [0.4, 0.5) is 0 Å². The lowest BCUT2D eigenvalue weighted by molar-refractivity contribution is -0.925. The van der Waals surface area contributed by atoms with E-state index in [-0.39, 0.29) is 5.75 Å². The first kappa shape index (κ1) is 15.9. The zero-order valence-electron chi connectivity index (χ0n) is 12.4. The van der Waals surface area contributed by atoms with Crippen molar-refractivity contribution < 1.29 is 14.7 Å². The van der Waals surface area contributed by atoms with Gasteiger partial charge in [-0.3, -0.25) is 0 Å². The molecule has 2 aromatic rings. The Kier molecular flexibility index (Phi) is 5.65. The molecule has 0 aromatic heterocycles. The number of hydrogen-bond acceptors (Lipinski definition) is 2. The molecule has 1 atom stereocenters. The van der Waals surface area contributed by atoms with Gasteiger partial charge in [-0.2, -0.15) is 0 Å². The Bertz CT molecular complexity index is 587. The van der Waals surface area contributed by atoms with Crippen molar-refractivity contribution in [3.8, 4) is 11.5 Å². The monoisotopic (exact) mass is 350 g/mol. The average molecular weight is 351 g/mol. The molecule has 3 nitrogen and oxygen atoms in total. The standard InChI is InChI=1S/C17H20BrNO2/c1-3-19(11-13-7-5-4-6-8-13)12-14-9-15(18)17(20)16(10-14)21-2/h4-10,20H,3,11-12H2,1-2H3/p+1. The Morgan fingerprint density at radius 2 is 1.76 bits per heavy atom. The van der Waals surface area contributed by atoms with Crippen molar-refractivity contribution in [1.82, 2.24) is 0 Å². The van der Waals surface area contributed by atoms with Crippen LogP contribution in [0, 0.1) is 0 Å². The van der Waals surface area contributed by atoms with Crippen molar-refractivity contribution in [2.45, 2.75) is 20.0 Å². The number of rotatable bonds is 6. The molecule has 1 unspecified atom stereocenters. The van der Waals surface area contributed by atoms with E-state index in [9.17, 15) is 5.11 Å². The van der Waals surface area contributed by atoms with Crippen LogP contribution in [-0.4, -0.2) is 18.8 Å². The molecule has 0 bridgehead atoms. The number of phenolic OH excluding ortho intramolecular Hbond substituents is 1. The Morgan fingerprint density at radius 1 is 1.10 bits per heavy atom. The average Bonchev–Trinajstić information content (AvgIpc) is 2.51. The van der Waals surface area contributed by atoms with Crippen LogP contribution in [0.5, 0.6) is 11.5 Å². The molecule has 2 rings (SSSR count). The minimum Gasteiger partial charge on any atom is -0.503 e. The number of methoxy groups -OCH3 is 1. The largest absolute Gasteiger partial charge is 0.503 e. The van der Waals surface area contributed by atoms with E-state index in [1.165, 1.54) is 10.5 Å². The number of nitrogens with one attached hydrogen (secondary N) is 1. The van der Waals surface area contributed by atoms with Crippen LogP contribution < -0.4 is 9.64 Å². The minimum atomic E-state index is 0.155. The van der Waals surface area contributed by atoms with E-state index in [0.29, 0.717) is 10.2 Å². The van der Waals surface area contributed by atoms with Gasteiger partial charge in [-0.25, -0.2) is 0 Å². The fourth-order valence-electron chi connectivity index (χ4n) is 2.37. The molecule has 4 heteroatoms. The molecule has 0 aliphatic carbocycles. The van der Waals surface area contributed by atoms with Gasteiger partial charge in [0, 0.05) is 11.1 Å². The van der Waals surface area contributed by atoms with Crippen molar-refractivity contribution >= 4 is 15.9 Å². The van der Waals surface area contributed by atoms with Gasteiger partial charge in [-0.15, -0.1) is 0 Å². The fourth-order valence-corrected chi connectivity index (χ4v) is 2.86. The smallest absolute Gasteiger partial charge is 0.172 e. The summed E-state index contributed by atoms with van der Waals surface area (Å²) in [5.41, 5.74) is 2.48. The molecule has 0 fully saturated rings. The highest BCUT2D eigenvalue weighted by Crippen LogP contribution is 2.34. The maximum atomic E-state index is 9.87. The Labute approximate surface area is 134 Å². The van der Waals surface area contributed by atoms with E-state index in [1.54, 1.807) is 7.11 Å². The lowest BCUT2D eigenvalue weighted by Crippen LogP contribution is -3.09. The summed E-state index contributed by atoms with van der Waals surface area (Å²) < 4.78 is 5.88. The van der Waals surface area contributed by atoms with Crippen LogP contribution in [0.15, 0.2) is 46.9 Å². The van der Waals surface area contributed by atoms with E-state index in [2.05, 4.69) is 47.1 Å². The maximum Gasteiger partial charge on any atom is 0.172 e. The van der Waals surface area contributed by atoms with Crippen LogP contribution in [-0.2, 0) is 13.1 Å². The third kappa shape index (κ3) is 4.22. The number of ether oxygens (including phenoxy) is 1. The van der Waals surface area contributed by atoms with Crippen molar-refractivity contribution in [1.29, 1.82) is 0 Å². The number of benzene rings is 2. The lowest BCUT2D eigenvalue weighted by Gasteiger charge is -2.18. The predicted molar refractivity (Wildman–Crippen MR) is 87.7 cm³/mol. The zero-order chi connectivity index (χ0) is 15.2. The normalized spacial score (nSPS) is 12.1. The Hall–Kier alpha value is -1.52. The first-order chi connectivity index (χ1) is 10.1. The summed E-state index contributed by atoms with van der Waals surface area (Å²) in [7, 11) is 1.57. The Morgan fingerprint density at radius 3 is 2.38 bits per heavy atom. The molecule has 0 radical (unpaired) electrons. The highest BCUT2D eigenvalue weighted by molar-refractivity contribution is 9.10. The molecule has 2 aromatic carbocycles. The maximum absolute atomic E-state index is 9.87. The first-order valence-electron chi connectivity index (χ1n) is 7.07. The summed E-state index contributed by atoms with van der Waals surface area (Å²) in [4.78, 5) is 1.46. The van der Waals surface area contributed by atoms with Crippen molar-refractivity contribution in [3.05, 3.63) is 58.1 Å². The molecular formula is C17H21BrNO2+. The molecular weight excluding hydrogens is 330 g/mol. The number of halogens is 1. The van der Waals surface area contributed by atoms with Crippen molar-refractivity contribution in [2.75, 3.05) is 13.7 Å². The molecule has 0 amide bonds. The van der Waals surface area contributed by atoms with Gasteiger partial charge >= 0.3 is 0 Å². The highest BCUT2D eigenvalue weighted by atomic mass is 79.9. The molecule has 2 N–H and O–H groups in total. The number of hydrogen-bond donors (Lipinski definition) is 2. The van der Waals surface area contributed by atoms with E-state index in [4.69, 9.17) is 4.74 Å². The van der Waals surface area contributed by atoms with Gasteiger partial charge in [0.2, 0.25) is 0 Å². The van der Waals surface area contributed by atoms with Gasteiger partial charge in [0.05, 0.1) is 18.1 Å². The summed E-state index contributed by atoms with van der Waals surface area (Å²) in [5.74, 6) is 0.664. The fraction of sp³-hybridized carbons (Fsp3) is 0.294. The number of quaternary nitrogens is 1. The van der Waals surface area contributed by atoms with Gasteiger partial charge in [0.15, 0.2) is 11.5 Å².